The van der Waals surface area contributed by atoms with Gasteiger partial charge in [-0.3, -0.25) is 5.84 Å². The summed E-state index contributed by atoms with van der Waals surface area (Å²) in [5, 5.41) is 0. The SMILES string of the molecule is CCCn1ccnc1C(NN)C1CCOC1. The lowest BCUT2D eigenvalue weighted by atomic mass is 9.99. The lowest BCUT2D eigenvalue weighted by molar-refractivity contribution is 0.175. The summed E-state index contributed by atoms with van der Waals surface area (Å²) in [5.41, 5.74) is 2.88. The van der Waals surface area contributed by atoms with Gasteiger partial charge in [-0.05, 0) is 12.8 Å². The molecule has 1 aromatic rings. The molecule has 1 aromatic heterocycles. The Balaban J connectivity index is 2.15. The van der Waals surface area contributed by atoms with Crippen LogP contribution in [0.1, 0.15) is 31.6 Å². The maximum atomic E-state index is 5.65. The van der Waals surface area contributed by atoms with E-state index in [0.717, 1.165) is 38.4 Å². The first kappa shape index (κ1) is 11.6. The van der Waals surface area contributed by atoms with E-state index in [2.05, 4.69) is 21.9 Å². The topological polar surface area (TPSA) is 65.1 Å². The molecule has 2 atom stereocenters. The van der Waals surface area contributed by atoms with Crippen molar-refractivity contribution in [3.05, 3.63) is 18.2 Å². The second kappa shape index (κ2) is 5.43. The Labute approximate surface area is 96.0 Å². The standard InChI is InChI=1S/C11H20N4O/c1-2-5-15-6-4-13-11(15)10(14-12)9-3-7-16-8-9/h4,6,9-10,14H,2-3,5,7-8,12H2,1H3. The average molecular weight is 224 g/mol. The highest BCUT2D eigenvalue weighted by Crippen LogP contribution is 2.27. The first-order valence-electron chi connectivity index (χ1n) is 5.91. The van der Waals surface area contributed by atoms with E-state index >= 15 is 0 Å². The summed E-state index contributed by atoms with van der Waals surface area (Å²) in [7, 11) is 0. The number of imidazole rings is 1. The third kappa shape index (κ3) is 2.26. The Morgan fingerprint density at radius 3 is 3.25 bits per heavy atom. The van der Waals surface area contributed by atoms with Crippen LogP contribution in [0.4, 0.5) is 0 Å². The monoisotopic (exact) mass is 224 g/mol. The van der Waals surface area contributed by atoms with Crippen LogP contribution in [0.3, 0.4) is 0 Å². The number of aromatic nitrogens is 2. The van der Waals surface area contributed by atoms with Crippen molar-refractivity contribution in [2.45, 2.75) is 32.4 Å². The van der Waals surface area contributed by atoms with Crippen molar-refractivity contribution < 1.29 is 4.74 Å². The minimum absolute atomic E-state index is 0.101. The Hall–Kier alpha value is -0.910. The molecule has 0 aromatic carbocycles. The third-order valence-corrected chi connectivity index (χ3v) is 3.11. The van der Waals surface area contributed by atoms with Crippen molar-refractivity contribution in [2.75, 3.05) is 13.2 Å². The minimum atomic E-state index is 0.101. The van der Waals surface area contributed by atoms with Gasteiger partial charge in [0.05, 0.1) is 12.6 Å². The van der Waals surface area contributed by atoms with Crippen LogP contribution < -0.4 is 11.3 Å². The molecule has 0 saturated carbocycles. The molecule has 16 heavy (non-hydrogen) atoms. The Kier molecular flexibility index (Phi) is 3.93. The van der Waals surface area contributed by atoms with Crippen LogP contribution in [-0.4, -0.2) is 22.8 Å². The summed E-state index contributed by atoms with van der Waals surface area (Å²) in [6, 6.07) is 0.101. The van der Waals surface area contributed by atoms with Crippen LogP contribution in [0, 0.1) is 5.92 Å². The molecule has 5 heteroatoms. The zero-order valence-corrected chi connectivity index (χ0v) is 9.72. The summed E-state index contributed by atoms with van der Waals surface area (Å²) in [5.74, 6) is 7.11. The van der Waals surface area contributed by atoms with Gasteiger partial charge in [-0.25, -0.2) is 10.4 Å². The highest BCUT2D eigenvalue weighted by molar-refractivity contribution is 5.02. The summed E-state index contributed by atoms with van der Waals surface area (Å²) in [4.78, 5) is 4.42. The number of hydrazine groups is 1. The second-order valence-electron chi connectivity index (χ2n) is 4.25. The van der Waals surface area contributed by atoms with E-state index in [-0.39, 0.29) is 6.04 Å². The van der Waals surface area contributed by atoms with Crippen LogP contribution >= 0.6 is 0 Å². The predicted molar refractivity (Wildman–Crippen MR) is 61.5 cm³/mol. The highest BCUT2D eigenvalue weighted by Gasteiger charge is 2.28. The summed E-state index contributed by atoms with van der Waals surface area (Å²) in [6.45, 7) is 4.75. The Bertz CT molecular complexity index is 320. The first-order chi connectivity index (χ1) is 7.86. The summed E-state index contributed by atoms with van der Waals surface area (Å²) >= 11 is 0. The smallest absolute Gasteiger partial charge is 0.127 e. The highest BCUT2D eigenvalue weighted by atomic mass is 16.5. The maximum Gasteiger partial charge on any atom is 0.127 e. The number of aryl methyl sites for hydroxylation is 1. The molecule has 1 saturated heterocycles. The van der Waals surface area contributed by atoms with E-state index in [9.17, 15) is 0 Å². The second-order valence-corrected chi connectivity index (χ2v) is 4.25. The molecule has 1 fully saturated rings. The van der Waals surface area contributed by atoms with Crippen molar-refractivity contribution in [3.8, 4) is 0 Å². The quantitative estimate of drug-likeness (QED) is 0.574. The molecule has 0 radical (unpaired) electrons. The lowest BCUT2D eigenvalue weighted by Gasteiger charge is -2.21. The third-order valence-electron chi connectivity index (χ3n) is 3.11. The van der Waals surface area contributed by atoms with E-state index in [1.807, 2.05) is 12.4 Å². The van der Waals surface area contributed by atoms with Crippen molar-refractivity contribution in [2.24, 2.45) is 11.8 Å². The van der Waals surface area contributed by atoms with Gasteiger partial charge in [0.2, 0.25) is 0 Å². The van der Waals surface area contributed by atoms with E-state index in [1.54, 1.807) is 0 Å². The fourth-order valence-corrected chi connectivity index (χ4v) is 2.27. The first-order valence-corrected chi connectivity index (χ1v) is 5.91. The molecule has 0 aliphatic carbocycles. The van der Waals surface area contributed by atoms with Crippen molar-refractivity contribution in [1.29, 1.82) is 0 Å². The number of rotatable bonds is 5. The molecule has 1 aliphatic rings. The minimum Gasteiger partial charge on any atom is -0.381 e. The zero-order chi connectivity index (χ0) is 11.4. The van der Waals surface area contributed by atoms with E-state index in [1.165, 1.54) is 0 Å². The average Bonchev–Trinajstić information content (AvgIpc) is 2.92. The molecule has 90 valence electrons. The molecule has 0 bridgehead atoms. The van der Waals surface area contributed by atoms with Gasteiger partial charge >= 0.3 is 0 Å². The molecule has 0 amide bonds. The van der Waals surface area contributed by atoms with Crippen LogP contribution in [-0.2, 0) is 11.3 Å². The Morgan fingerprint density at radius 2 is 2.62 bits per heavy atom. The molecular weight excluding hydrogens is 204 g/mol. The number of nitrogens with one attached hydrogen (secondary N) is 1. The van der Waals surface area contributed by atoms with Gasteiger partial charge in [0.1, 0.15) is 5.82 Å². The number of nitrogens with two attached hydrogens (primary N) is 1. The molecule has 5 nitrogen and oxygen atoms in total. The normalized spacial score (nSPS) is 22.5. The zero-order valence-electron chi connectivity index (χ0n) is 9.72. The van der Waals surface area contributed by atoms with Gasteiger partial charge in [0, 0.05) is 31.5 Å². The van der Waals surface area contributed by atoms with Crippen molar-refractivity contribution >= 4 is 0 Å². The molecule has 2 rings (SSSR count). The molecule has 0 spiro atoms. The number of ether oxygens (including phenoxy) is 1. The van der Waals surface area contributed by atoms with Gasteiger partial charge in [0.15, 0.2) is 0 Å². The van der Waals surface area contributed by atoms with Crippen molar-refractivity contribution in [3.63, 3.8) is 0 Å². The van der Waals surface area contributed by atoms with Gasteiger partial charge < -0.3 is 9.30 Å². The van der Waals surface area contributed by atoms with E-state index < -0.39 is 0 Å². The van der Waals surface area contributed by atoms with Gasteiger partial charge in [-0.1, -0.05) is 6.92 Å². The summed E-state index contributed by atoms with van der Waals surface area (Å²) < 4.78 is 7.57. The maximum absolute atomic E-state index is 5.65. The summed E-state index contributed by atoms with van der Waals surface area (Å²) in [6.07, 6.45) is 6.00. The molecule has 2 heterocycles. The number of nitrogens with zero attached hydrogens (tertiary/aromatic N) is 2. The lowest BCUT2D eigenvalue weighted by Crippen LogP contribution is -2.35. The fourth-order valence-electron chi connectivity index (χ4n) is 2.27. The largest absolute Gasteiger partial charge is 0.381 e. The van der Waals surface area contributed by atoms with Crippen LogP contribution in [0.5, 0.6) is 0 Å². The van der Waals surface area contributed by atoms with Crippen LogP contribution in [0.2, 0.25) is 0 Å². The molecule has 1 aliphatic heterocycles. The van der Waals surface area contributed by atoms with Gasteiger partial charge in [0.25, 0.3) is 0 Å². The van der Waals surface area contributed by atoms with E-state index in [4.69, 9.17) is 10.6 Å². The predicted octanol–water partition coefficient (Wildman–Crippen LogP) is 0.834. The molecule has 2 unspecified atom stereocenters. The van der Waals surface area contributed by atoms with Gasteiger partial charge in [-0.15, -0.1) is 0 Å². The van der Waals surface area contributed by atoms with Gasteiger partial charge in [-0.2, -0.15) is 0 Å². The molecule has 3 N–H and O–H groups in total. The van der Waals surface area contributed by atoms with Crippen LogP contribution in [0.15, 0.2) is 12.4 Å². The number of hydrogen-bond acceptors (Lipinski definition) is 4. The molecular formula is C11H20N4O. The van der Waals surface area contributed by atoms with Crippen molar-refractivity contribution in [1.82, 2.24) is 15.0 Å². The number of hydrogen-bond donors (Lipinski definition) is 2. The van der Waals surface area contributed by atoms with Crippen LogP contribution in [0.25, 0.3) is 0 Å². The Morgan fingerprint density at radius 1 is 1.75 bits per heavy atom. The van der Waals surface area contributed by atoms with E-state index in [0.29, 0.717) is 5.92 Å². The fraction of sp³-hybridized carbons (Fsp3) is 0.727.